The molecule has 2 aliphatic rings. The molecule has 0 unspecified atom stereocenters. The Morgan fingerprint density at radius 3 is 2.70 bits per heavy atom. The summed E-state index contributed by atoms with van der Waals surface area (Å²) >= 11 is 0. The number of carbonyl (C=O) groups is 2. The van der Waals surface area contributed by atoms with Gasteiger partial charge in [-0.3, -0.25) is 14.5 Å². The molecule has 6 nitrogen and oxygen atoms in total. The van der Waals surface area contributed by atoms with Crippen LogP contribution in [0.4, 0.5) is 0 Å². The van der Waals surface area contributed by atoms with Gasteiger partial charge in [-0.1, -0.05) is 30.3 Å². The average molecular weight is 503 g/mol. The molecule has 2 aromatic rings. The molecule has 37 heavy (non-hydrogen) atoms. The number of likely N-dealkylation sites (tertiary alicyclic amines) is 1. The molecule has 0 bridgehead atoms. The van der Waals surface area contributed by atoms with Crippen molar-refractivity contribution in [1.82, 2.24) is 9.80 Å². The number of nitrogens with zero attached hydrogens (tertiary/aromatic N) is 2. The first-order valence-electron chi connectivity index (χ1n) is 13.1. The van der Waals surface area contributed by atoms with E-state index in [9.17, 15) is 9.59 Å². The quantitative estimate of drug-likeness (QED) is 0.218. The molecule has 2 fully saturated rings. The van der Waals surface area contributed by atoms with Crippen LogP contribution < -0.4 is 9.47 Å². The van der Waals surface area contributed by atoms with Gasteiger partial charge < -0.3 is 14.4 Å². The van der Waals surface area contributed by atoms with Gasteiger partial charge >= 0.3 is 5.97 Å². The van der Waals surface area contributed by atoms with E-state index >= 15 is 0 Å². The SMILES string of the molecule is C=CCN1CC[C@@]2(c3cccc(OC(C)=O)c3)C[C@H](N(C)C(=O)C=Cc3cccc(OC)c3)CC[C@@H]2C1. The van der Waals surface area contributed by atoms with E-state index in [1.807, 2.05) is 66.6 Å². The molecule has 196 valence electrons. The Kier molecular flexibility index (Phi) is 8.49. The Bertz CT molecular complexity index is 1160. The van der Waals surface area contributed by atoms with Gasteiger partial charge in [-0.25, -0.2) is 0 Å². The fourth-order valence-corrected chi connectivity index (χ4v) is 6.11. The van der Waals surface area contributed by atoms with E-state index in [0.717, 1.165) is 56.6 Å². The molecule has 6 heteroatoms. The summed E-state index contributed by atoms with van der Waals surface area (Å²) in [5.74, 6) is 1.49. The second kappa shape index (κ2) is 11.8. The number of hydrogen-bond donors (Lipinski definition) is 0. The van der Waals surface area contributed by atoms with Crippen LogP contribution >= 0.6 is 0 Å². The summed E-state index contributed by atoms with van der Waals surface area (Å²) in [6, 6.07) is 15.8. The molecule has 1 saturated heterocycles. The lowest BCUT2D eigenvalue weighted by molar-refractivity contribution is -0.132. The number of hydrogen-bond acceptors (Lipinski definition) is 5. The number of rotatable bonds is 8. The van der Waals surface area contributed by atoms with Crippen molar-refractivity contribution in [2.45, 2.75) is 44.1 Å². The summed E-state index contributed by atoms with van der Waals surface area (Å²) in [6.45, 7) is 8.22. The first kappa shape index (κ1) is 26.7. The van der Waals surface area contributed by atoms with Gasteiger partial charge in [0, 0.05) is 44.6 Å². The Labute approximate surface area is 220 Å². The van der Waals surface area contributed by atoms with Crippen LogP contribution in [0.1, 0.15) is 43.7 Å². The largest absolute Gasteiger partial charge is 0.497 e. The molecule has 0 aromatic heterocycles. The minimum absolute atomic E-state index is 0.000762. The van der Waals surface area contributed by atoms with Gasteiger partial charge in [-0.15, -0.1) is 6.58 Å². The number of likely N-dealkylation sites (N-methyl/N-ethyl adjacent to an activating group) is 1. The Morgan fingerprint density at radius 1 is 1.16 bits per heavy atom. The van der Waals surface area contributed by atoms with E-state index in [-0.39, 0.29) is 23.3 Å². The molecule has 0 N–H and O–H groups in total. The molecule has 1 aliphatic carbocycles. The lowest BCUT2D eigenvalue weighted by Crippen LogP contribution is -2.56. The predicted molar refractivity (Wildman–Crippen MR) is 147 cm³/mol. The summed E-state index contributed by atoms with van der Waals surface area (Å²) in [7, 11) is 3.55. The van der Waals surface area contributed by atoms with Crippen LogP contribution in [0.5, 0.6) is 11.5 Å². The average Bonchev–Trinajstić information content (AvgIpc) is 2.91. The third kappa shape index (κ3) is 6.13. The maximum atomic E-state index is 13.2. The summed E-state index contributed by atoms with van der Waals surface area (Å²) in [5, 5.41) is 0. The summed E-state index contributed by atoms with van der Waals surface area (Å²) in [5.41, 5.74) is 2.05. The third-order valence-electron chi connectivity index (χ3n) is 8.05. The maximum Gasteiger partial charge on any atom is 0.308 e. The highest BCUT2D eigenvalue weighted by Gasteiger charge is 2.49. The van der Waals surface area contributed by atoms with Crippen LogP contribution in [0, 0.1) is 5.92 Å². The molecule has 4 rings (SSSR count). The first-order valence-corrected chi connectivity index (χ1v) is 13.1. The predicted octanol–water partition coefficient (Wildman–Crippen LogP) is 5.09. The number of carbonyl (C=O) groups excluding carboxylic acids is 2. The van der Waals surface area contributed by atoms with Crippen molar-refractivity contribution in [3.63, 3.8) is 0 Å². The summed E-state index contributed by atoms with van der Waals surface area (Å²) < 4.78 is 10.7. The van der Waals surface area contributed by atoms with Gasteiger partial charge in [-0.05, 0) is 79.6 Å². The lowest BCUT2D eigenvalue weighted by Gasteiger charge is -2.54. The van der Waals surface area contributed by atoms with Gasteiger partial charge in [0.1, 0.15) is 11.5 Å². The molecule has 0 spiro atoms. The number of fused-ring (bicyclic) bond motifs is 1. The molecular formula is C31H38N2O4. The fraction of sp³-hybridized carbons (Fsp3) is 0.419. The highest BCUT2D eigenvalue weighted by Crippen LogP contribution is 2.50. The molecule has 1 aliphatic heterocycles. The fourth-order valence-electron chi connectivity index (χ4n) is 6.11. The van der Waals surface area contributed by atoms with E-state index in [4.69, 9.17) is 9.47 Å². The molecule has 1 amide bonds. The standard InChI is InChI=1S/C31H38N2O4/c1-5-17-33-18-16-31(25-9-7-11-29(20-25)37-23(2)34)21-27(14-13-26(31)22-33)32(3)30(35)15-12-24-8-6-10-28(19-24)36-4/h5-12,15,19-20,26-27H,1,13-14,16-18,21-22H2,2-4H3/t26-,27-,31+/m1/s1. The van der Waals surface area contributed by atoms with Crippen LogP contribution in [0.25, 0.3) is 6.08 Å². The van der Waals surface area contributed by atoms with Crippen LogP contribution in [-0.4, -0.2) is 61.5 Å². The van der Waals surface area contributed by atoms with Crippen molar-refractivity contribution in [3.05, 3.63) is 78.4 Å². The van der Waals surface area contributed by atoms with Gasteiger partial charge in [0.15, 0.2) is 0 Å². The van der Waals surface area contributed by atoms with Crippen LogP contribution in [-0.2, 0) is 15.0 Å². The van der Waals surface area contributed by atoms with Crippen molar-refractivity contribution in [1.29, 1.82) is 0 Å². The van der Waals surface area contributed by atoms with Gasteiger partial charge in [0.05, 0.1) is 7.11 Å². The molecular weight excluding hydrogens is 464 g/mol. The summed E-state index contributed by atoms with van der Waals surface area (Å²) in [6.07, 6.45) is 9.35. The zero-order valence-electron chi connectivity index (χ0n) is 22.2. The smallest absolute Gasteiger partial charge is 0.308 e. The van der Waals surface area contributed by atoms with E-state index in [2.05, 4.69) is 17.5 Å². The molecule has 2 aromatic carbocycles. The highest BCUT2D eigenvalue weighted by molar-refractivity contribution is 5.91. The van der Waals surface area contributed by atoms with Crippen LogP contribution in [0.15, 0.2) is 67.3 Å². The number of ether oxygens (including phenoxy) is 2. The van der Waals surface area contributed by atoms with E-state index in [1.54, 1.807) is 13.2 Å². The van der Waals surface area contributed by atoms with Crippen LogP contribution in [0.2, 0.25) is 0 Å². The number of piperidine rings is 1. The zero-order chi connectivity index (χ0) is 26.4. The van der Waals surface area contributed by atoms with Crippen LogP contribution in [0.3, 0.4) is 0 Å². The highest BCUT2D eigenvalue weighted by atomic mass is 16.5. The summed E-state index contributed by atoms with van der Waals surface area (Å²) in [4.78, 5) is 29.2. The zero-order valence-corrected chi connectivity index (χ0v) is 22.2. The monoisotopic (exact) mass is 502 g/mol. The lowest BCUT2D eigenvalue weighted by atomic mass is 9.57. The topological polar surface area (TPSA) is 59.1 Å². The van der Waals surface area contributed by atoms with Crippen molar-refractivity contribution in [3.8, 4) is 11.5 Å². The van der Waals surface area contributed by atoms with Crippen molar-refractivity contribution < 1.29 is 19.1 Å². The van der Waals surface area contributed by atoms with Crippen molar-refractivity contribution in [2.24, 2.45) is 5.92 Å². The van der Waals surface area contributed by atoms with E-state index < -0.39 is 0 Å². The Balaban J connectivity index is 1.57. The van der Waals surface area contributed by atoms with E-state index in [0.29, 0.717) is 11.7 Å². The van der Waals surface area contributed by atoms with Crippen molar-refractivity contribution >= 4 is 18.0 Å². The Morgan fingerprint density at radius 2 is 1.95 bits per heavy atom. The molecule has 3 atom stereocenters. The minimum Gasteiger partial charge on any atom is -0.497 e. The number of methoxy groups -OCH3 is 1. The number of esters is 1. The minimum atomic E-state index is -0.318. The molecule has 0 radical (unpaired) electrons. The van der Waals surface area contributed by atoms with Gasteiger partial charge in [0.25, 0.3) is 0 Å². The first-order chi connectivity index (χ1) is 17.8. The normalized spacial score (nSPS) is 23.8. The second-order valence-electron chi connectivity index (χ2n) is 10.3. The number of benzene rings is 2. The van der Waals surface area contributed by atoms with Gasteiger partial charge in [0.2, 0.25) is 5.91 Å². The van der Waals surface area contributed by atoms with Gasteiger partial charge in [-0.2, -0.15) is 0 Å². The van der Waals surface area contributed by atoms with Crippen molar-refractivity contribution in [2.75, 3.05) is 33.8 Å². The molecule has 1 heterocycles. The number of amides is 1. The Hall–Kier alpha value is -3.38. The van der Waals surface area contributed by atoms with E-state index in [1.165, 1.54) is 12.5 Å². The maximum absolute atomic E-state index is 13.2. The second-order valence-corrected chi connectivity index (χ2v) is 10.3. The third-order valence-corrected chi connectivity index (χ3v) is 8.05. The molecule has 1 saturated carbocycles.